The fourth-order valence-electron chi connectivity index (χ4n) is 4.01. The first-order valence-corrected chi connectivity index (χ1v) is 10.4. The number of piperidine rings is 1. The molecular formula is C23H23N7O. The summed E-state index contributed by atoms with van der Waals surface area (Å²) in [6.07, 6.45) is 8.63. The first kappa shape index (κ1) is 19.2. The molecule has 156 valence electrons. The molecule has 8 heteroatoms. The molecule has 5 rings (SSSR count). The largest absolute Gasteiger partial charge is 0.382 e. The van der Waals surface area contributed by atoms with Gasteiger partial charge in [-0.2, -0.15) is 0 Å². The predicted molar refractivity (Wildman–Crippen MR) is 120 cm³/mol. The number of carbonyl (C=O) groups is 1. The van der Waals surface area contributed by atoms with Gasteiger partial charge < -0.3 is 16.4 Å². The van der Waals surface area contributed by atoms with Crippen molar-refractivity contribution < 1.29 is 4.79 Å². The fraction of sp³-hybridized carbons (Fsp3) is 0.217. The number of nitrogens with one attached hydrogen (secondary N) is 2. The first-order valence-electron chi connectivity index (χ1n) is 10.4. The number of nitrogens with two attached hydrogens (primary N) is 1. The molecule has 8 nitrogen and oxygen atoms in total. The van der Waals surface area contributed by atoms with Gasteiger partial charge in [-0.3, -0.25) is 9.20 Å². The van der Waals surface area contributed by atoms with Crippen molar-refractivity contribution in [2.75, 3.05) is 17.6 Å². The first-order chi connectivity index (χ1) is 15.2. The van der Waals surface area contributed by atoms with E-state index in [1.807, 2.05) is 28.8 Å². The van der Waals surface area contributed by atoms with E-state index in [9.17, 15) is 4.79 Å². The molecule has 0 saturated carbocycles. The summed E-state index contributed by atoms with van der Waals surface area (Å²) < 4.78 is 2.03. The van der Waals surface area contributed by atoms with Crippen LogP contribution in [0.1, 0.15) is 41.5 Å². The number of imidazole rings is 1. The zero-order valence-electron chi connectivity index (χ0n) is 17.0. The number of hydrogen-bond donors (Lipinski definition) is 3. The summed E-state index contributed by atoms with van der Waals surface area (Å²) >= 11 is 0. The molecule has 1 aromatic carbocycles. The minimum absolute atomic E-state index is 0.181. The van der Waals surface area contributed by atoms with E-state index in [2.05, 4.69) is 20.6 Å². The van der Waals surface area contributed by atoms with Crippen LogP contribution < -0.4 is 16.4 Å². The Balaban J connectivity index is 1.48. The van der Waals surface area contributed by atoms with Gasteiger partial charge in [-0.05, 0) is 43.7 Å². The van der Waals surface area contributed by atoms with E-state index in [1.165, 1.54) is 12.8 Å². The summed E-state index contributed by atoms with van der Waals surface area (Å²) in [6, 6.07) is 12.9. The molecule has 0 bridgehead atoms. The fourth-order valence-corrected chi connectivity index (χ4v) is 4.01. The summed E-state index contributed by atoms with van der Waals surface area (Å²) in [4.78, 5) is 25.9. The van der Waals surface area contributed by atoms with E-state index >= 15 is 0 Å². The highest BCUT2D eigenvalue weighted by Gasteiger charge is 2.23. The molecule has 0 radical (unpaired) electrons. The van der Waals surface area contributed by atoms with Crippen molar-refractivity contribution >= 4 is 23.1 Å². The molecule has 4 heterocycles. The average molecular weight is 413 g/mol. The minimum Gasteiger partial charge on any atom is -0.382 e. The molecule has 4 aromatic rings. The molecule has 1 atom stereocenters. The summed E-state index contributed by atoms with van der Waals surface area (Å²) in [7, 11) is 0. The van der Waals surface area contributed by atoms with E-state index in [4.69, 9.17) is 10.7 Å². The lowest BCUT2D eigenvalue weighted by Gasteiger charge is -2.22. The van der Waals surface area contributed by atoms with Crippen molar-refractivity contribution in [3.05, 3.63) is 72.4 Å². The van der Waals surface area contributed by atoms with Crippen molar-refractivity contribution in [3.63, 3.8) is 0 Å². The number of anilines is 2. The number of aromatic nitrogens is 4. The molecule has 1 aliphatic heterocycles. The molecule has 31 heavy (non-hydrogen) atoms. The van der Waals surface area contributed by atoms with Crippen LogP contribution in [-0.2, 0) is 0 Å². The Morgan fingerprint density at radius 1 is 1.10 bits per heavy atom. The highest BCUT2D eigenvalue weighted by atomic mass is 16.1. The van der Waals surface area contributed by atoms with Gasteiger partial charge in [0.2, 0.25) is 0 Å². The summed E-state index contributed by atoms with van der Waals surface area (Å²) in [6.45, 7) is 0.982. The third-order valence-electron chi connectivity index (χ3n) is 5.56. The molecule has 3 aromatic heterocycles. The lowest BCUT2D eigenvalue weighted by molar-refractivity contribution is 0.102. The van der Waals surface area contributed by atoms with E-state index in [1.54, 1.807) is 36.7 Å². The number of hydrogen-bond acceptors (Lipinski definition) is 6. The Bertz CT molecular complexity index is 1210. The standard InChI is InChI=1S/C23H23N7O/c24-21-20-19(29-22(30(20)14-13-27-21)17-5-1-3-11-25-17)15-7-9-16(10-8-15)23(31)28-18-6-2-4-12-26-18/h2,4,6-10,12-14,17,25H,1,3,5,11H2,(H2,24,27)(H,26,28,31). The van der Waals surface area contributed by atoms with Crippen LogP contribution in [-0.4, -0.2) is 31.8 Å². The number of pyridine rings is 1. The van der Waals surface area contributed by atoms with Crippen LogP contribution in [0, 0.1) is 0 Å². The van der Waals surface area contributed by atoms with Crippen LogP contribution in [0.25, 0.3) is 16.8 Å². The third kappa shape index (κ3) is 3.73. The SMILES string of the molecule is Nc1nccn2c(C3CCCCN3)nc(-c3ccc(C(=O)Nc4ccccn4)cc3)c12. The Hall–Kier alpha value is -3.78. The second-order valence-electron chi connectivity index (χ2n) is 7.60. The quantitative estimate of drug-likeness (QED) is 0.473. The van der Waals surface area contributed by atoms with E-state index in [-0.39, 0.29) is 11.9 Å². The lowest BCUT2D eigenvalue weighted by Crippen LogP contribution is -2.28. The van der Waals surface area contributed by atoms with Gasteiger partial charge in [0.15, 0.2) is 0 Å². The molecular weight excluding hydrogens is 390 g/mol. The molecule has 1 saturated heterocycles. The zero-order valence-corrected chi connectivity index (χ0v) is 17.0. The predicted octanol–water partition coefficient (Wildman–Crippen LogP) is 3.44. The van der Waals surface area contributed by atoms with Gasteiger partial charge in [-0.25, -0.2) is 15.0 Å². The highest BCUT2D eigenvalue weighted by molar-refractivity contribution is 6.04. The Kier molecular flexibility index (Phi) is 5.05. The van der Waals surface area contributed by atoms with E-state index in [0.717, 1.165) is 35.6 Å². The summed E-state index contributed by atoms with van der Waals surface area (Å²) in [5.41, 5.74) is 9.22. The molecule has 1 fully saturated rings. The normalized spacial score (nSPS) is 16.3. The smallest absolute Gasteiger partial charge is 0.256 e. The maximum Gasteiger partial charge on any atom is 0.256 e. The molecule has 1 aliphatic rings. The Morgan fingerprint density at radius 3 is 2.71 bits per heavy atom. The van der Waals surface area contributed by atoms with Crippen LogP contribution in [0.4, 0.5) is 11.6 Å². The number of rotatable bonds is 4. The molecule has 1 amide bonds. The molecule has 4 N–H and O–H groups in total. The van der Waals surface area contributed by atoms with Gasteiger partial charge in [0.1, 0.15) is 28.7 Å². The second kappa shape index (κ2) is 8.16. The Labute approximate surface area is 179 Å². The van der Waals surface area contributed by atoms with Gasteiger partial charge in [0.05, 0.1) is 6.04 Å². The number of nitrogens with zero attached hydrogens (tertiary/aromatic N) is 4. The van der Waals surface area contributed by atoms with Crippen LogP contribution >= 0.6 is 0 Å². The van der Waals surface area contributed by atoms with E-state index < -0.39 is 0 Å². The number of fused-ring (bicyclic) bond motifs is 1. The maximum atomic E-state index is 12.5. The van der Waals surface area contributed by atoms with Crippen molar-refractivity contribution in [1.29, 1.82) is 0 Å². The zero-order chi connectivity index (χ0) is 21.2. The third-order valence-corrected chi connectivity index (χ3v) is 5.56. The van der Waals surface area contributed by atoms with Crippen molar-refractivity contribution in [2.24, 2.45) is 0 Å². The highest BCUT2D eigenvalue weighted by Crippen LogP contribution is 2.32. The molecule has 0 spiro atoms. The second-order valence-corrected chi connectivity index (χ2v) is 7.60. The topological polar surface area (TPSA) is 110 Å². The van der Waals surface area contributed by atoms with Gasteiger partial charge >= 0.3 is 0 Å². The van der Waals surface area contributed by atoms with Gasteiger partial charge in [-0.15, -0.1) is 0 Å². The van der Waals surface area contributed by atoms with Gasteiger partial charge in [-0.1, -0.05) is 24.6 Å². The maximum absolute atomic E-state index is 12.5. The molecule has 1 unspecified atom stereocenters. The number of benzene rings is 1. The van der Waals surface area contributed by atoms with Crippen LogP contribution in [0.5, 0.6) is 0 Å². The number of carbonyl (C=O) groups excluding carboxylic acids is 1. The summed E-state index contributed by atoms with van der Waals surface area (Å²) in [5, 5.41) is 6.35. The van der Waals surface area contributed by atoms with Crippen molar-refractivity contribution in [2.45, 2.75) is 25.3 Å². The van der Waals surface area contributed by atoms with Crippen LogP contribution in [0.3, 0.4) is 0 Å². The van der Waals surface area contributed by atoms with Gasteiger partial charge in [0, 0.05) is 29.7 Å². The molecule has 0 aliphatic carbocycles. The monoisotopic (exact) mass is 413 g/mol. The van der Waals surface area contributed by atoms with Crippen molar-refractivity contribution in [3.8, 4) is 11.3 Å². The van der Waals surface area contributed by atoms with Crippen molar-refractivity contribution in [1.82, 2.24) is 24.7 Å². The minimum atomic E-state index is -0.215. The van der Waals surface area contributed by atoms with Crippen LogP contribution in [0.2, 0.25) is 0 Å². The van der Waals surface area contributed by atoms with E-state index in [0.29, 0.717) is 17.2 Å². The lowest BCUT2D eigenvalue weighted by atomic mass is 10.0. The number of nitrogen functional groups attached to an aromatic ring is 1. The van der Waals surface area contributed by atoms with Gasteiger partial charge in [0.25, 0.3) is 5.91 Å². The Morgan fingerprint density at radius 2 is 1.97 bits per heavy atom. The number of amides is 1. The summed E-state index contributed by atoms with van der Waals surface area (Å²) in [5.74, 6) is 1.67. The van der Waals surface area contributed by atoms with Crippen LogP contribution in [0.15, 0.2) is 61.1 Å². The average Bonchev–Trinajstić information content (AvgIpc) is 3.21.